The molecule has 0 N–H and O–H groups in total. The van der Waals surface area contributed by atoms with Crippen LogP contribution in [-0.2, 0) is 4.74 Å². The van der Waals surface area contributed by atoms with E-state index in [0.717, 1.165) is 6.07 Å². The monoisotopic (exact) mass is 207 g/mol. The highest BCUT2D eigenvalue weighted by Crippen LogP contribution is 2.27. The smallest absolute Gasteiger partial charge is 0.347 e. The second-order valence-electron chi connectivity index (χ2n) is 3.12. The van der Waals surface area contributed by atoms with E-state index in [-0.39, 0.29) is 16.8 Å². The van der Waals surface area contributed by atoms with Crippen LogP contribution in [0.25, 0.3) is 0 Å². The topological polar surface area (TPSA) is 86.5 Å². The molecular weight excluding hydrogens is 202 g/mol. The molecule has 1 aliphatic rings. The van der Waals surface area contributed by atoms with Gasteiger partial charge in [-0.25, -0.2) is 9.59 Å². The second kappa shape index (κ2) is 2.88. The van der Waals surface area contributed by atoms with Crippen LogP contribution < -0.4 is 0 Å². The second-order valence-corrected chi connectivity index (χ2v) is 3.12. The van der Waals surface area contributed by atoms with Gasteiger partial charge in [0.1, 0.15) is 0 Å². The SMILES string of the molecule is Cc1cc2c(cc1[N+](=O)[O-])C(=O)OC2=O. The predicted octanol–water partition coefficient (Wildman–Crippen LogP) is 1.21. The van der Waals surface area contributed by atoms with Gasteiger partial charge < -0.3 is 4.74 Å². The van der Waals surface area contributed by atoms with Gasteiger partial charge in [-0.2, -0.15) is 0 Å². The highest BCUT2D eigenvalue weighted by molar-refractivity contribution is 6.15. The summed E-state index contributed by atoms with van der Waals surface area (Å²) in [6.45, 7) is 1.49. The van der Waals surface area contributed by atoms with Crippen molar-refractivity contribution in [2.45, 2.75) is 6.92 Å². The van der Waals surface area contributed by atoms with Crippen LogP contribution >= 0.6 is 0 Å². The first-order valence-corrected chi connectivity index (χ1v) is 4.06. The van der Waals surface area contributed by atoms with E-state index >= 15 is 0 Å². The summed E-state index contributed by atoms with van der Waals surface area (Å²) in [7, 11) is 0. The molecule has 15 heavy (non-hydrogen) atoms. The van der Waals surface area contributed by atoms with Crippen molar-refractivity contribution < 1.29 is 19.2 Å². The summed E-state index contributed by atoms with van der Waals surface area (Å²) >= 11 is 0. The number of nitrogens with zero attached hydrogens (tertiary/aromatic N) is 1. The van der Waals surface area contributed by atoms with Crippen LogP contribution in [0, 0.1) is 17.0 Å². The molecule has 0 unspecified atom stereocenters. The van der Waals surface area contributed by atoms with E-state index in [1.54, 1.807) is 0 Å². The van der Waals surface area contributed by atoms with Gasteiger partial charge in [-0.05, 0) is 13.0 Å². The number of nitro benzene ring substituents is 1. The molecule has 0 atom stereocenters. The van der Waals surface area contributed by atoms with Gasteiger partial charge in [-0.3, -0.25) is 10.1 Å². The van der Waals surface area contributed by atoms with Crippen LogP contribution in [0.4, 0.5) is 5.69 Å². The predicted molar refractivity (Wildman–Crippen MR) is 47.6 cm³/mol. The fourth-order valence-corrected chi connectivity index (χ4v) is 1.43. The molecule has 2 rings (SSSR count). The zero-order chi connectivity index (χ0) is 11.2. The maximum absolute atomic E-state index is 11.1. The van der Waals surface area contributed by atoms with Crippen LogP contribution in [0.15, 0.2) is 12.1 Å². The van der Waals surface area contributed by atoms with Gasteiger partial charge in [-0.15, -0.1) is 0 Å². The van der Waals surface area contributed by atoms with Gasteiger partial charge in [0.2, 0.25) is 0 Å². The van der Waals surface area contributed by atoms with Crippen molar-refractivity contribution >= 4 is 17.6 Å². The summed E-state index contributed by atoms with van der Waals surface area (Å²) in [6.07, 6.45) is 0. The first kappa shape index (κ1) is 9.32. The highest BCUT2D eigenvalue weighted by Gasteiger charge is 2.32. The van der Waals surface area contributed by atoms with E-state index < -0.39 is 16.9 Å². The van der Waals surface area contributed by atoms with Crippen LogP contribution in [0.3, 0.4) is 0 Å². The van der Waals surface area contributed by atoms with Crippen LogP contribution in [-0.4, -0.2) is 16.9 Å². The maximum Gasteiger partial charge on any atom is 0.347 e. The fourth-order valence-electron chi connectivity index (χ4n) is 1.43. The summed E-state index contributed by atoms with van der Waals surface area (Å²) in [5.41, 5.74) is 0.172. The molecular formula is C9H5NO5. The first-order chi connectivity index (χ1) is 7.00. The highest BCUT2D eigenvalue weighted by atomic mass is 16.6. The Morgan fingerprint density at radius 2 is 1.73 bits per heavy atom. The van der Waals surface area contributed by atoms with E-state index in [2.05, 4.69) is 4.74 Å². The largest absolute Gasteiger partial charge is 0.386 e. The third kappa shape index (κ3) is 1.26. The zero-order valence-electron chi connectivity index (χ0n) is 7.64. The molecule has 0 spiro atoms. The van der Waals surface area contributed by atoms with Gasteiger partial charge >= 0.3 is 11.9 Å². The van der Waals surface area contributed by atoms with Gasteiger partial charge in [0.25, 0.3) is 5.69 Å². The average Bonchev–Trinajstić information content (AvgIpc) is 2.41. The number of rotatable bonds is 1. The van der Waals surface area contributed by atoms with E-state index in [0.29, 0.717) is 5.56 Å². The standard InChI is InChI=1S/C9H5NO5/c1-4-2-5-6(3-7(4)10(13)14)9(12)15-8(5)11/h2-3H,1H3. The number of carbonyl (C=O) groups is 2. The minimum absolute atomic E-state index is 0.0442. The summed E-state index contributed by atoms with van der Waals surface area (Å²) in [5, 5.41) is 10.6. The summed E-state index contributed by atoms with van der Waals surface area (Å²) in [6, 6.07) is 2.36. The number of cyclic esters (lactones) is 2. The van der Waals surface area contributed by atoms with Crippen molar-refractivity contribution in [3.05, 3.63) is 38.9 Å². The van der Waals surface area contributed by atoms with Gasteiger partial charge in [0.05, 0.1) is 16.1 Å². The molecule has 0 aliphatic carbocycles. The number of hydrogen-bond acceptors (Lipinski definition) is 5. The molecule has 0 bridgehead atoms. The van der Waals surface area contributed by atoms with Gasteiger partial charge in [-0.1, -0.05) is 0 Å². The Kier molecular flexibility index (Phi) is 1.79. The molecule has 1 aliphatic heterocycles. The minimum Gasteiger partial charge on any atom is -0.386 e. The molecule has 6 nitrogen and oxygen atoms in total. The number of hydrogen-bond donors (Lipinski definition) is 0. The Hall–Kier alpha value is -2.24. The van der Waals surface area contributed by atoms with Crippen molar-refractivity contribution in [1.29, 1.82) is 0 Å². The van der Waals surface area contributed by atoms with Crippen molar-refractivity contribution in [3.8, 4) is 0 Å². The van der Waals surface area contributed by atoms with Gasteiger partial charge in [0.15, 0.2) is 0 Å². The van der Waals surface area contributed by atoms with E-state index in [1.807, 2.05) is 0 Å². The minimum atomic E-state index is -0.835. The van der Waals surface area contributed by atoms with E-state index in [4.69, 9.17) is 0 Å². The molecule has 0 amide bonds. The lowest BCUT2D eigenvalue weighted by atomic mass is 10.0. The Balaban J connectivity index is 2.70. The Bertz CT molecular complexity index is 505. The fraction of sp³-hybridized carbons (Fsp3) is 0.111. The molecule has 76 valence electrons. The molecule has 0 fully saturated rings. The number of fused-ring (bicyclic) bond motifs is 1. The van der Waals surface area contributed by atoms with Crippen molar-refractivity contribution in [1.82, 2.24) is 0 Å². The maximum atomic E-state index is 11.1. The number of aryl methyl sites for hydroxylation is 1. The third-order valence-electron chi connectivity index (χ3n) is 2.16. The summed E-state index contributed by atoms with van der Waals surface area (Å²) in [4.78, 5) is 32.2. The molecule has 0 radical (unpaired) electrons. The molecule has 0 aromatic heterocycles. The van der Waals surface area contributed by atoms with Crippen molar-refractivity contribution in [2.24, 2.45) is 0 Å². The summed E-state index contributed by atoms with van der Waals surface area (Å²) < 4.78 is 4.32. The van der Waals surface area contributed by atoms with Crippen LogP contribution in [0.5, 0.6) is 0 Å². The quantitative estimate of drug-likeness (QED) is 0.299. The first-order valence-electron chi connectivity index (χ1n) is 4.06. The normalized spacial score (nSPS) is 13.7. The number of carbonyl (C=O) groups excluding carboxylic acids is 2. The molecule has 0 saturated heterocycles. The van der Waals surface area contributed by atoms with Crippen molar-refractivity contribution in [3.63, 3.8) is 0 Å². The molecule has 1 aromatic carbocycles. The number of esters is 2. The van der Waals surface area contributed by atoms with E-state index in [9.17, 15) is 19.7 Å². The number of ether oxygens (including phenoxy) is 1. The molecule has 1 aromatic rings. The van der Waals surface area contributed by atoms with E-state index in [1.165, 1.54) is 13.0 Å². The average molecular weight is 207 g/mol. The van der Waals surface area contributed by atoms with Crippen LogP contribution in [0.1, 0.15) is 26.3 Å². The molecule has 1 heterocycles. The molecule has 0 saturated carbocycles. The Morgan fingerprint density at radius 3 is 2.27 bits per heavy atom. The third-order valence-corrected chi connectivity index (χ3v) is 2.16. The lowest BCUT2D eigenvalue weighted by molar-refractivity contribution is -0.385. The van der Waals surface area contributed by atoms with Crippen molar-refractivity contribution in [2.75, 3.05) is 0 Å². The molecule has 6 heteroatoms. The van der Waals surface area contributed by atoms with Gasteiger partial charge in [0, 0.05) is 11.6 Å². The number of nitro groups is 1. The van der Waals surface area contributed by atoms with Crippen LogP contribution in [0.2, 0.25) is 0 Å². The number of benzene rings is 1. The lowest BCUT2D eigenvalue weighted by Gasteiger charge is -1.97. The zero-order valence-corrected chi connectivity index (χ0v) is 7.64. The summed E-state index contributed by atoms with van der Waals surface area (Å²) in [5.74, 6) is -1.59. The lowest BCUT2D eigenvalue weighted by Crippen LogP contribution is -1.98. The Morgan fingerprint density at radius 1 is 1.20 bits per heavy atom. The Labute approximate surface area is 83.6 Å².